The second kappa shape index (κ2) is 9.56. The number of carbonyl (C=O) groups is 1. The molecule has 13 heteroatoms. The predicted molar refractivity (Wildman–Crippen MR) is 139 cm³/mol. The molecule has 38 heavy (non-hydrogen) atoms. The van der Waals surface area contributed by atoms with Crippen molar-refractivity contribution in [3.8, 4) is 0 Å². The van der Waals surface area contributed by atoms with Crippen LogP contribution in [-0.4, -0.2) is 62.9 Å². The molecule has 2 aromatic carbocycles. The number of hydrogen-bond acceptors (Lipinski definition) is 6. The van der Waals surface area contributed by atoms with Crippen molar-refractivity contribution in [2.45, 2.75) is 44.8 Å². The van der Waals surface area contributed by atoms with E-state index in [1.165, 1.54) is 61.5 Å². The number of aliphatic hydroxyl groups excluding tert-OH is 1. The first-order valence-corrected chi connectivity index (χ1v) is 14.6. The van der Waals surface area contributed by atoms with Crippen LogP contribution in [0.4, 0.5) is 4.39 Å². The van der Waals surface area contributed by atoms with Gasteiger partial charge in [-0.05, 0) is 28.7 Å². The lowest BCUT2D eigenvalue weighted by Gasteiger charge is -2.35. The van der Waals surface area contributed by atoms with Crippen molar-refractivity contribution < 1.29 is 31.1 Å². The molecule has 4 rings (SSSR count). The topological polar surface area (TPSA) is 136 Å². The first kappa shape index (κ1) is 27.9. The summed E-state index contributed by atoms with van der Waals surface area (Å²) in [5.41, 5.74) is -0.212. The van der Waals surface area contributed by atoms with Gasteiger partial charge in [0.15, 0.2) is 0 Å². The molecule has 1 amide bonds. The number of carbonyl (C=O) groups excluding carboxylic acids is 1. The van der Waals surface area contributed by atoms with Gasteiger partial charge < -0.3 is 10.0 Å². The first-order valence-electron chi connectivity index (χ1n) is 11.7. The summed E-state index contributed by atoms with van der Waals surface area (Å²) in [7, 11) is -5.49. The smallest absolute Gasteiger partial charge is 0.283 e. The number of halogens is 1. The third kappa shape index (κ3) is 4.98. The molecular weight excluding hydrogens is 535 g/mol. The summed E-state index contributed by atoms with van der Waals surface area (Å²) in [5, 5.41) is 11.3. The van der Waals surface area contributed by atoms with Crippen LogP contribution in [0, 0.1) is 11.2 Å². The van der Waals surface area contributed by atoms with E-state index >= 15 is 0 Å². The van der Waals surface area contributed by atoms with Gasteiger partial charge in [0, 0.05) is 32.7 Å². The van der Waals surface area contributed by atoms with Crippen molar-refractivity contribution in [2.75, 3.05) is 14.1 Å². The molecule has 0 spiro atoms. The molecule has 2 N–H and O–H groups in total. The normalized spacial score (nSPS) is 19.3. The molecular formula is C25H29FN4O6S2. The van der Waals surface area contributed by atoms with Crippen LogP contribution in [0.2, 0.25) is 0 Å². The maximum absolute atomic E-state index is 13.7. The molecule has 0 bridgehead atoms. The van der Waals surface area contributed by atoms with Gasteiger partial charge in [-0.3, -0.25) is 4.79 Å². The minimum Gasteiger partial charge on any atom is -0.509 e. The summed E-state index contributed by atoms with van der Waals surface area (Å²) < 4.78 is 71.3. The molecule has 2 aliphatic rings. The standard InChI is InChI=1S/C25H29FN4O6S2/c1-25(2,3)23-21(31)19(24(32)30(23)14-15-9-11-17(26)12-10-15)20-18-8-6-7-16(22(18)37(33,34)28-20)13-27-38(35,36)29(4)5/h6-12,23,27,31H,13-14H2,1-5H3. The number of rotatable bonds is 7. The molecule has 10 nitrogen and oxygen atoms in total. The maximum atomic E-state index is 13.7. The zero-order valence-electron chi connectivity index (χ0n) is 21.6. The summed E-state index contributed by atoms with van der Waals surface area (Å²) in [4.78, 5) is 14.9. The molecule has 2 heterocycles. The lowest BCUT2D eigenvalue weighted by molar-refractivity contribution is -0.129. The Bertz CT molecular complexity index is 1570. The van der Waals surface area contributed by atoms with E-state index in [1.54, 1.807) is 0 Å². The van der Waals surface area contributed by atoms with Crippen molar-refractivity contribution in [1.29, 1.82) is 0 Å². The number of fused-ring (bicyclic) bond motifs is 1. The van der Waals surface area contributed by atoms with Gasteiger partial charge in [-0.2, -0.15) is 30.3 Å². The van der Waals surface area contributed by atoms with Gasteiger partial charge in [0.2, 0.25) is 0 Å². The largest absolute Gasteiger partial charge is 0.509 e. The van der Waals surface area contributed by atoms with Gasteiger partial charge in [0.1, 0.15) is 27.8 Å². The van der Waals surface area contributed by atoms with Crippen LogP contribution in [0.5, 0.6) is 0 Å². The number of amides is 1. The zero-order chi connectivity index (χ0) is 28.2. The first-order chi connectivity index (χ1) is 17.5. The fourth-order valence-corrected chi connectivity index (χ4v) is 6.64. The summed E-state index contributed by atoms with van der Waals surface area (Å²) in [6.45, 7) is 5.22. The molecule has 0 saturated carbocycles. The maximum Gasteiger partial charge on any atom is 0.283 e. The Morgan fingerprint density at radius 1 is 1.13 bits per heavy atom. The van der Waals surface area contributed by atoms with Crippen molar-refractivity contribution in [1.82, 2.24) is 13.9 Å². The predicted octanol–water partition coefficient (Wildman–Crippen LogP) is 2.48. The van der Waals surface area contributed by atoms with E-state index in [0.29, 0.717) is 5.56 Å². The Morgan fingerprint density at radius 2 is 1.76 bits per heavy atom. The van der Waals surface area contributed by atoms with E-state index in [9.17, 15) is 31.1 Å². The zero-order valence-corrected chi connectivity index (χ0v) is 23.2. The lowest BCUT2D eigenvalue weighted by atomic mass is 9.84. The van der Waals surface area contributed by atoms with Crippen LogP contribution in [0.3, 0.4) is 0 Å². The lowest BCUT2D eigenvalue weighted by Crippen LogP contribution is -2.43. The van der Waals surface area contributed by atoms with Crippen LogP contribution < -0.4 is 4.72 Å². The molecule has 0 aromatic heterocycles. The molecule has 0 radical (unpaired) electrons. The van der Waals surface area contributed by atoms with E-state index in [-0.39, 0.29) is 46.2 Å². The number of benzene rings is 2. The molecule has 2 aromatic rings. The minimum absolute atomic E-state index is 0.0495. The minimum atomic E-state index is -4.31. The highest BCUT2D eigenvalue weighted by atomic mass is 32.2. The third-order valence-corrected chi connectivity index (χ3v) is 9.26. The summed E-state index contributed by atoms with van der Waals surface area (Å²) in [6, 6.07) is 9.25. The molecule has 1 atom stereocenters. The van der Waals surface area contributed by atoms with Crippen LogP contribution in [0.15, 0.2) is 63.1 Å². The summed E-state index contributed by atoms with van der Waals surface area (Å²) >= 11 is 0. The van der Waals surface area contributed by atoms with Crippen LogP contribution in [0.1, 0.15) is 37.5 Å². The average Bonchev–Trinajstić information content (AvgIpc) is 3.22. The average molecular weight is 565 g/mol. The monoisotopic (exact) mass is 564 g/mol. The second-order valence-corrected chi connectivity index (χ2v) is 13.9. The van der Waals surface area contributed by atoms with E-state index in [2.05, 4.69) is 9.12 Å². The number of sulfonamides is 1. The van der Waals surface area contributed by atoms with Crippen molar-refractivity contribution in [2.24, 2.45) is 9.81 Å². The Morgan fingerprint density at radius 3 is 2.34 bits per heavy atom. The van der Waals surface area contributed by atoms with E-state index in [1.807, 2.05) is 20.8 Å². The SMILES string of the molecule is CN(C)S(=O)(=O)NCc1cccc2c1S(=O)(=O)N=C2C1=C(O)C(C(C)(C)C)N(Cc2ccc(F)cc2)C1=O. The number of hydrogen-bond donors (Lipinski definition) is 2. The van der Waals surface area contributed by atoms with Gasteiger partial charge >= 0.3 is 0 Å². The van der Waals surface area contributed by atoms with Gasteiger partial charge in [-0.25, -0.2) is 4.39 Å². The molecule has 0 aliphatic carbocycles. The summed E-state index contributed by atoms with van der Waals surface area (Å²) in [5.74, 6) is -1.36. The molecule has 0 saturated heterocycles. The number of nitrogens with zero attached hydrogens (tertiary/aromatic N) is 3. The van der Waals surface area contributed by atoms with Crippen LogP contribution in [0.25, 0.3) is 0 Å². The fraction of sp³-hybridized carbons (Fsp3) is 0.360. The third-order valence-electron chi connectivity index (χ3n) is 6.37. The number of aliphatic hydroxyl groups is 1. The van der Waals surface area contributed by atoms with Gasteiger partial charge in [-0.15, -0.1) is 0 Å². The summed E-state index contributed by atoms with van der Waals surface area (Å²) in [6.07, 6.45) is 0. The van der Waals surface area contributed by atoms with Crippen molar-refractivity contribution in [3.63, 3.8) is 0 Å². The molecule has 0 fully saturated rings. The van der Waals surface area contributed by atoms with Gasteiger partial charge in [0.05, 0.1) is 6.04 Å². The van der Waals surface area contributed by atoms with Crippen LogP contribution >= 0.6 is 0 Å². The second-order valence-electron chi connectivity index (χ2n) is 10.4. The van der Waals surface area contributed by atoms with Gasteiger partial charge in [0.25, 0.3) is 26.1 Å². The Labute approximate surface area is 221 Å². The van der Waals surface area contributed by atoms with E-state index in [0.717, 1.165) is 4.31 Å². The highest BCUT2D eigenvalue weighted by Gasteiger charge is 2.49. The number of nitrogens with one attached hydrogen (secondary N) is 1. The highest BCUT2D eigenvalue weighted by molar-refractivity contribution is 7.91. The Balaban J connectivity index is 1.78. The van der Waals surface area contributed by atoms with E-state index in [4.69, 9.17) is 0 Å². The Kier molecular flexibility index (Phi) is 7.02. The molecule has 2 aliphatic heterocycles. The van der Waals surface area contributed by atoms with E-state index < -0.39 is 43.4 Å². The Hall–Kier alpha value is -3.13. The van der Waals surface area contributed by atoms with Crippen molar-refractivity contribution in [3.05, 3.63) is 76.3 Å². The van der Waals surface area contributed by atoms with Gasteiger partial charge in [-0.1, -0.05) is 51.1 Å². The highest BCUT2D eigenvalue weighted by Crippen LogP contribution is 2.41. The fourth-order valence-electron chi connectivity index (χ4n) is 4.61. The molecule has 1 unspecified atom stereocenters. The van der Waals surface area contributed by atoms with Crippen molar-refractivity contribution >= 4 is 31.9 Å². The quantitative estimate of drug-likeness (QED) is 0.530. The molecule has 204 valence electrons. The van der Waals surface area contributed by atoms with Crippen LogP contribution in [-0.2, 0) is 38.1 Å².